The molecule has 0 aliphatic carbocycles. The Bertz CT molecular complexity index is 882. The number of ether oxygens (including phenoxy) is 1. The fourth-order valence-corrected chi connectivity index (χ4v) is 3.06. The van der Waals surface area contributed by atoms with Crippen LogP contribution in [-0.2, 0) is 27.5 Å². The zero-order valence-corrected chi connectivity index (χ0v) is 15.4. The smallest absolute Gasteiger partial charge is 0.216 e. The first-order valence-corrected chi connectivity index (χ1v) is 9.54. The van der Waals surface area contributed by atoms with Gasteiger partial charge in [0.2, 0.25) is 5.88 Å². The van der Waals surface area contributed by atoms with E-state index in [-0.39, 0.29) is 29.4 Å². The van der Waals surface area contributed by atoms with E-state index in [2.05, 4.69) is 4.98 Å². The second-order valence-electron chi connectivity index (χ2n) is 5.25. The Labute approximate surface area is 150 Å². The number of benzene rings is 1. The summed E-state index contributed by atoms with van der Waals surface area (Å²) >= 11 is 11.8. The van der Waals surface area contributed by atoms with Crippen molar-refractivity contribution in [1.29, 1.82) is 0 Å². The SMILES string of the molecule is COc1ncc(S(C)(=O)=O)cc1CC(=O)Cc1ccc(Cl)c(Cl)c1. The first-order valence-electron chi connectivity index (χ1n) is 6.89. The molecule has 1 aromatic carbocycles. The third-order valence-corrected chi connectivity index (χ3v) is 5.11. The highest BCUT2D eigenvalue weighted by Crippen LogP contribution is 2.24. The Morgan fingerprint density at radius 3 is 2.46 bits per heavy atom. The lowest BCUT2D eigenvalue weighted by molar-refractivity contribution is -0.117. The van der Waals surface area contributed by atoms with Crippen molar-refractivity contribution in [3.8, 4) is 5.88 Å². The molecule has 24 heavy (non-hydrogen) atoms. The van der Waals surface area contributed by atoms with Crippen LogP contribution in [-0.4, -0.2) is 32.6 Å². The number of hydrogen-bond donors (Lipinski definition) is 0. The Morgan fingerprint density at radius 2 is 1.88 bits per heavy atom. The van der Waals surface area contributed by atoms with E-state index in [0.29, 0.717) is 15.6 Å². The van der Waals surface area contributed by atoms with Gasteiger partial charge in [0, 0.05) is 30.9 Å². The van der Waals surface area contributed by atoms with Crippen LogP contribution in [0.3, 0.4) is 0 Å². The minimum absolute atomic E-state index is 0.000219. The first-order chi connectivity index (χ1) is 11.2. The number of methoxy groups -OCH3 is 1. The maximum absolute atomic E-state index is 12.3. The first kappa shape index (κ1) is 18.7. The Kier molecular flexibility index (Phi) is 5.85. The minimum Gasteiger partial charge on any atom is -0.481 e. The second-order valence-corrected chi connectivity index (χ2v) is 8.08. The molecule has 0 amide bonds. The highest BCUT2D eigenvalue weighted by atomic mass is 35.5. The van der Waals surface area contributed by atoms with Crippen molar-refractivity contribution in [1.82, 2.24) is 4.98 Å². The summed E-state index contributed by atoms with van der Waals surface area (Å²) in [6.45, 7) is 0. The minimum atomic E-state index is -3.42. The van der Waals surface area contributed by atoms with Gasteiger partial charge in [-0.15, -0.1) is 0 Å². The van der Waals surface area contributed by atoms with Crippen molar-refractivity contribution in [2.75, 3.05) is 13.4 Å². The lowest BCUT2D eigenvalue weighted by Gasteiger charge is -2.09. The van der Waals surface area contributed by atoms with Crippen LogP contribution in [0.1, 0.15) is 11.1 Å². The zero-order valence-electron chi connectivity index (χ0n) is 13.0. The molecule has 0 spiro atoms. The van der Waals surface area contributed by atoms with Gasteiger partial charge < -0.3 is 4.74 Å². The lowest BCUT2D eigenvalue weighted by atomic mass is 10.0. The molecule has 0 atom stereocenters. The molecule has 0 saturated heterocycles. The van der Waals surface area contributed by atoms with E-state index >= 15 is 0 Å². The van der Waals surface area contributed by atoms with Crippen LogP contribution in [0.15, 0.2) is 35.4 Å². The molecule has 0 N–H and O–H groups in total. The standard InChI is InChI=1S/C16H15Cl2NO4S/c1-23-16-11(8-13(9-19-16)24(2,21)22)7-12(20)5-10-3-4-14(17)15(18)6-10/h3-4,6,8-9H,5,7H2,1-2H3. The van der Waals surface area contributed by atoms with Gasteiger partial charge in [-0.05, 0) is 23.8 Å². The number of aromatic nitrogens is 1. The molecule has 0 aliphatic heterocycles. The number of hydrogen-bond acceptors (Lipinski definition) is 5. The maximum Gasteiger partial charge on any atom is 0.216 e. The average Bonchev–Trinajstić information content (AvgIpc) is 2.50. The molecule has 5 nitrogen and oxygen atoms in total. The van der Waals surface area contributed by atoms with Gasteiger partial charge in [-0.2, -0.15) is 0 Å². The highest BCUT2D eigenvalue weighted by molar-refractivity contribution is 7.90. The Balaban J connectivity index is 2.22. The molecule has 8 heteroatoms. The summed E-state index contributed by atoms with van der Waals surface area (Å²) in [6, 6.07) is 6.38. The van der Waals surface area contributed by atoms with Gasteiger partial charge in [0.1, 0.15) is 5.78 Å². The van der Waals surface area contributed by atoms with Crippen LogP contribution in [0.2, 0.25) is 10.0 Å². The summed E-state index contributed by atoms with van der Waals surface area (Å²) in [5.74, 6) is 0.101. The average molecular weight is 388 g/mol. The molecular weight excluding hydrogens is 373 g/mol. The monoisotopic (exact) mass is 387 g/mol. The van der Waals surface area contributed by atoms with Gasteiger partial charge in [0.15, 0.2) is 9.84 Å². The number of halogens is 2. The Hall–Kier alpha value is -1.63. The van der Waals surface area contributed by atoms with Crippen molar-refractivity contribution in [2.24, 2.45) is 0 Å². The number of carbonyl (C=O) groups is 1. The van der Waals surface area contributed by atoms with Gasteiger partial charge in [0.25, 0.3) is 0 Å². The van der Waals surface area contributed by atoms with E-state index in [1.165, 1.54) is 19.4 Å². The number of nitrogens with zero attached hydrogens (tertiary/aromatic N) is 1. The molecular formula is C16H15Cl2NO4S. The van der Waals surface area contributed by atoms with E-state index in [4.69, 9.17) is 27.9 Å². The summed E-state index contributed by atoms with van der Waals surface area (Å²) in [4.78, 5) is 16.3. The molecule has 2 aromatic rings. The lowest BCUT2D eigenvalue weighted by Crippen LogP contribution is -2.10. The number of carbonyl (C=O) groups excluding carboxylic acids is 1. The normalized spacial score (nSPS) is 11.3. The Morgan fingerprint density at radius 1 is 1.17 bits per heavy atom. The van der Waals surface area contributed by atoms with Gasteiger partial charge in [-0.3, -0.25) is 4.79 Å². The summed E-state index contributed by atoms with van der Waals surface area (Å²) in [7, 11) is -2.00. The van der Waals surface area contributed by atoms with Crippen LogP contribution in [0.4, 0.5) is 0 Å². The van der Waals surface area contributed by atoms with Gasteiger partial charge in [-0.1, -0.05) is 29.3 Å². The van der Waals surface area contributed by atoms with Gasteiger partial charge in [-0.25, -0.2) is 13.4 Å². The topological polar surface area (TPSA) is 73.3 Å². The number of sulfone groups is 1. The van der Waals surface area contributed by atoms with Crippen molar-refractivity contribution in [3.63, 3.8) is 0 Å². The number of pyridine rings is 1. The van der Waals surface area contributed by atoms with E-state index < -0.39 is 9.84 Å². The predicted molar refractivity (Wildman–Crippen MR) is 92.8 cm³/mol. The molecule has 0 radical (unpaired) electrons. The number of ketones is 1. The van der Waals surface area contributed by atoms with Crippen molar-refractivity contribution < 1.29 is 17.9 Å². The van der Waals surface area contributed by atoms with Crippen LogP contribution in [0.5, 0.6) is 5.88 Å². The summed E-state index contributed by atoms with van der Waals surface area (Å²) in [5.41, 5.74) is 1.14. The molecule has 1 aromatic heterocycles. The van der Waals surface area contributed by atoms with Crippen LogP contribution in [0, 0.1) is 0 Å². The van der Waals surface area contributed by atoms with Crippen molar-refractivity contribution in [2.45, 2.75) is 17.7 Å². The maximum atomic E-state index is 12.3. The van der Waals surface area contributed by atoms with Gasteiger partial charge in [0.05, 0.1) is 22.1 Å². The molecule has 0 bridgehead atoms. The molecule has 0 unspecified atom stereocenters. The largest absolute Gasteiger partial charge is 0.481 e. The zero-order chi connectivity index (χ0) is 17.9. The molecule has 0 fully saturated rings. The number of rotatable bonds is 6. The summed E-state index contributed by atoms with van der Waals surface area (Å²) < 4.78 is 28.4. The van der Waals surface area contributed by atoms with Crippen molar-refractivity contribution >= 4 is 38.8 Å². The van der Waals surface area contributed by atoms with E-state index in [0.717, 1.165) is 11.8 Å². The van der Waals surface area contributed by atoms with Crippen LogP contribution >= 0.6 is 23.2 Å². The van der Waals surface area contributed by atoms with E-state index in [1.807, 2.05) is 0 Å². The van der Waals surface area contributed by atoms with Crippen LogP contribution in [0.25, 0.3) is 0 Å². The number of Topliss-reactive ketones (excluding diaryl/α,β-unsaturated/α-hetero) is 1. The summed E-state index contributed by atoms with van der Waals surface area (Å²) in [6.07, 6.45) is 2.43. The third-order valence-electron chi connectivity index (χ3n) is 3.29. The fraction of sp³-hybridized carbons (Fsp3) is 0.250. The van der Waals surface area contributed by atoms with Gasteiger partial charge >= 0.3 is 0 Å². The molecule has 128 valence electrons. The fourth-order valence-electron chi connectivity index (χ4n) is 2.14. The third kappa shape index (κ3) is 4.69. The van der Waals surface area contributed by atoms with E-state index in [1.54, 1.807) is 18.2 Å². The quantitative estimate of drug-likeness (QED) is 0.760. The second kappa shape index (κ2) is 7.51. The summed E-state index contributed by atoms with van der Waals surface area (Å²) in [5, 5.41) is 0.792. The molecule has 1 heterocycles. The molecule has 0 aliphatic rings. The highest BCUT2D eigenvalue weighted by Gasteiger charge is 2.16. The van der Waals surface area contributed by atoms with Crippen molar-refractivity contribution in [3.05, 3.63) is 51.6 Å². The predicted octanol–water partition coefficient (Wildman–Crippen LogP) is 3.15. The molecule has 2 rings (SSSR count). The molecule has 0 saturated carbocycles. The van der Waals surface area contributed by atoms with Crippen LogP contribution < -0.4 is 4.74 Å². The van der Waals surface area contributed by atoms with E-state index in [9.17, 15) is 13.2 Å².